The summed E-state index contributed by atoms with van der Waals surface area (Å²) in [7, 11) is 0. The van der Waals surface area contributed by atoms with Gasteiger partial charge >= 0.3 is 0 Å². The summed E-state index contributed by atoms with van der Waals surface area (Å²) in [5.41, 5.74) is 0.913. The maximum Gasteiger partial charge on any atom is 0.289 e. The molecule has 0 radical (unpaired) electrons. The Balaban J connectivity index is 1.97. The third kappa shape index (κ3) is 3.46. The smallest absolute Gasteiger partial charge is 0.289 e. The maximum absolute atomic E-state index is 12.2. The van der Waals surface area contributed by atoms with Gasteiger partial charge in [0.2, 0.25) is 0 Å². The first-order valence-electron chi connectivity index (χ1n) is 7.87. The van der Waals surface area contributed by atoms with Crippen LogP contribution in [0.5, 0.6) is 0 Å². The van der Waals surface area contributed by atoms with Crippen molar-refractivity contribution in [2.24, 2.45) is 0 Å². The number of aliphatic hydroxyl groups excluding tert-OH is 1. The first-order valence-corrected chi connectivity index (χ1v) is 7.87. The molecule has 0 saturated heterocycles. The maximum atomic E-state index is 12.2. The average molecular weight is 291 g/mol. The SMILES string of the molecule is CCCCC1C(CC)=C(O)C(=O)N1CCCn1ccnc1. The van der Waals surface area contributed by atoms with Crippen molar-refractivity contribution in [1.29, 1.82) is 0 Å². The molecule has 0 saturated carbocycles. The molecule has 1 aliphatic rings. The van der Waals surface area contributed by atoms with Gasteiger partial charge in [-0.1, -0.05) is 26.7 Å². The molecule has 1 N–H and O–H groups in total. The van der Waals surface area contributed by atoms with Crippen LogP contribution in [0.15, 0.2) is 30.1 Å². The number of aryl methyl sites for hydroxylation is 1. The van der Waals surface area contributed by atoms with Crippen LogP contribution in [0.3, 0.4) is 0 Å². The van der Waals surface area contributed by atoms with Crippen molar-refractivity contribution in [3.8, 4) is 0 Å². The van der Waals surface area contributed by atoms with E-state index in [4.69, 9.17) is 0 Å². The molecule has 0 aromatic carbocycles. The van der Waals surface area contributed by atoms with Gasteiger partial charge in [0.25, 0.3) is 5.91 Å². The number of amides is 1. The molecule has 1 aliphatic heterocycles. The molecule has 1 unspecified atom stereocenters. The lowest BCUT2D eigenvalue weighted by molar-refractivity contribution is -0.129. The van der Waals surface area contributed by atoms with Crippen molar-refractivity contribution in [3.63, 3.8) is 0 Å². The Labute approximate surface area is 126 Å². The summed E-state index contributed by atoms with van der Waals surface area (Å²) in [6, 6.07) is 0.0882. The minimum atomic E-state index is -0.196. The number of aromatic nitrogens is 2. The molecule has 1 atom stereocenters. The second-order valence-corrected chi connectivity index (χ2v) is 5.54. The van der Waals surface area contributed by atoms with Crippen LogP contribution in [0, 0.1) is 0 Å². The van der Waals surface area contributed by atoms with Crippen molar-refractivity contribution in [1.82, 2.24) is 14.5 Å². The predicted molar refractivity (Wildman–Crippen MR) is 81.8 cm³/mol. The number of rotatable bonds is 8. The summed E-state index contributed by atoms with van der Waals surface area (Å²) in [6.07, 6.45) is 10.2. The number of nitrogens with zero attached hydrogens (tertiary/aromatic N) is 3. The minimum Gasteiger partial charge on any atom is -0.503 e. The Morgan fingerprint density at radius 1 is 1.29 bits per heavy atom. The summed E-state index contributed by atoms with van der Waals surface area (Å²) in [6.45, 7) is 5.67. The van der Waals surface area contributed by atoms with Crippen LogP contribution < -0.4 is 0 Å². The van der Waals surface area contributed by atoms with E-state index in [-0.39, 0.29) is 17.7 Å². The Hall–Kier alpha value is -1.78. The number of carbonyl (C=O) groups excluding carboxylic acids is 1. The van der Waals surface area contributed by atoms with Crippen molar-refractivity contribution in [2.75, 3.05) is 6.54 Å². The Kier molecular flexibility index (Phi) is 5.42. The lowest BCUT2D eigenvalue weighted by Gasteiger charge is -2.26. The molecule has 0 spiro atoms. The number of imidazole rings is 1. The summed E-state index contributed by atoms with van der Waals surface area (Å²) in [4.78, 5) is 18.1. The Morgan fingerprint density at radius 2 is 2.10 bits per heavy atom. The minimum absolute atomic E-state index is 0.0127. The molecule has 5 heteroatoms. The first kappa shape index (κ1) is 15.6. The van der Waals surface area contributed by atoms with E-state index in [1.165, 1.54) is 0 Å². The summed E-state index contributed by atoms with van der Waals surface area (Å²) >= 11 is 0. The lowest BCUT2D eigenvalue weighted by Crippen LogP contribution is -2.37. The van der Waals surface area contributed by atoms with Gasteiger partial charge in [0.1, 0.15) is 0 Å². The number of unbranched alkanes of at least 4 members (excludes halogenated alkanes) is 1. The Bertz CT molecular complexity index is 494. The molecular weight excluding hydrogens is 266 g/mol. The highest BCUT2D eigenvalue weighted by Crippen LogP contribution is 2.30. The van der Waals surface area contributed by atoms with Crippen LogP contribution in [0.4, 0.5) is 0 Å². The third-order valence-corrected chi connectivity index (χ3v) is 4.13. The highest BCUT2D eigenvalue weighted by atomic mass is 16.3. The normalized spacial score (nSPS) is 18.9. The number of aliphatic hydroxyl groups is 1. The highest BCUT2D eigenvalue weighted by molar-refractivity contribution is 5.95. The van der Waals surface area contributed by atoms with E-state index < -0.39 is 0 Å². The van der Waals surface area contributed by atoms with Gasteiger partial charge in [-0.2, -0.15) is 0 Å². The number of carbonyl (C=O) groups is 1. The largest absolute Gasteiger partial charge is 0.503 e. The fourth-order valence-electron chi connectivity index (χ4n) is 2.99. The monoisotopic (exact) mass is 291 g/mol. The zero-order chi connectivity index (χ0) is 15.2. The second-order valence-electron chi connectivity index (χ2n) is 5.54. The van der Waals surface area contributed by atoms with Gasteiger partial charge in [-0.25, -0.2) is 4.98 Å². The number of hydrogen-bond acceptors (Lipinski definition) is 3. The van der Waals surface area contributed by atoms with Crippen LogP contribution in [0.25, 0.3) is 0 Å². The van der Waals surface area contributed by atoms with Crippen molar-refractivity contribution in [2.45, 2.75) is 58.5 Å². The molecule has 1 aromatic heterocycles. The van der Waals surface area contributed by atoms with Crippen molar-refractivity contribution < 1.29 is 9.90 Å². The summed E-state index contributed by atoms with van der Waals surface area (Å²) < 4.78 is 2.01. The number of hydrogen-bond donors (Lipinski definition) is 1. The van der Waals surface area contributed by atoms with Crippen LogP contribution >= 0.6 is 0 Å². The van der Waals surface area contributed by atoms with E-state index in [0.717, 1.165) is 44.2 Å². The van der Waals surface area contributed by atoms with Crippen molar-refractivity contribution >= 4 is 5.91 Å². The van der Waals surface area contributed by atoms with Gasteiger partial charge in [-0.15, -0.1) is 0 Å². The highest BCUT2D eigenvalue weighted by Gasteiger charge is 2.37. The van der Waals surface area contributed by atoms with Gasteiger partial charge in [-0.3, -0.25) is 4.79 Å². The van der Waals surface area contributed by atoms with Crippen LogP contribution in [0.1, 0.15) is 46.0 Å². The van der Waals surface area contributed by atoms with Crippen LogP contribution in [-0.2, 0) is 11.3 Å². The zero-order valence-electron chi connectivity index (χ0n) is 13.0. The molecule has 1 amide bonds. The van der Waals surface area contributed by atoms with Gasteiger partial charge in [0, 0.05) is 25.5 Å². The Morgan fingerprint density at radius 3 is 2.71 bits per heavy atom. The average Bonchev–Trinajstić information content (AvgIpc) is 3.07. The molecule has 5 nitrogen and oxygen atoms in total. The van der Waals surface area contributed by atoms with E-state index in [0.29, 0.717) is 6.54 Å². The molecule has 2 rings (SSSR count). The second kappa shape index (κ2) is 7.29. The topological polar surface area (TPSA) is 58.4 Å². The summed E-state index contributed by atoms with van der Waals surface area (Å²) in [5, 5.41) is 10.1. The molecule has 0 bridgehead atoms. The molecule has 21 heavy (non-hydrogen) atoms. The van der Waals surface area contributed by atoms with Gasteiger partial charge in [-0.05, 0) is 24.8 Å². The quantitative estimate of drug-likeness (QED) is 0.801. The molecule has 1 aromatic rings. The fraction of sp³-hybridized carbons (Fsp3) is 0.625. The van der Waals surface area contributed by atoms with Gasteiger partial charge < -0.3 is 14.6 Å². The van der Waals surface area contributed by atoms with Crippen molar-refractivity contribution in [3.05, 3.63) is 30.1 Å². The van der Waals surface area contributed by atoms with Gasteiger partial charge in [0.15, 0.2) is 5.76 Å². The predicted octanol–water partition coefficient (Wildman–Crippen LogP) is 2.90. The van der Waals surface area contributed by atoms with E-state index >= 15 is 0 Å². The first-order chi connectivity index (χ1) is 10.2. The van der Waals surface area contributed by atoms with E-state index in [9.17, 15) is 9.90 Å². The molecular formula is C16H25N3O2. The van der Waals surface area contributed by atoms with Gasteiger partial charge in [0.05, 0.1) is 12.4 Å². The van der Waals surface area contributed by atoms with E-state index in [2.05, 4.69) is 11.9 Å². The third-order valence-electron chi connectivity index (χ3n) is 4.13. The zero-order valence-corrected chi connectivity index (χ0v) is 13.0. The van der Waals surface area contributed by atoms with Crippen LogP contribution in [-0.4, -0.2) is 38.1 Å². The van der Waals surface area contributed by atoms with Crippen LogP contribution in [0.2, 0.25) is 0 Å². The summed E-state index contributed by atoms with van der Waals surface area (Å²) in [5.74, 6) is -0.209. The molecule has 116 valence electrons. The standard InChI is InChI=1S/C16H25N3O2/c1-3-5-7-14-13(4-2)15(20)16(21)19(14)10-6-9-18-11-8-17-12-18/h8,11-12,14,20H,3-7,9-10H2,1-2H3. The molecule has 2 heterocycles. The molecule has 0 fully saturated rings. The fourth-order valence-corrected chi connectivity index (χ4v) is 2.99. The molecule has 0 aliphatic carbocycles. The lowest BCUT2D eigenvalue weighted by atomic mass is 10.00. The van der Waals surface area contributed by atoms with E-state index in [1.807, 2.05) is 22.6 Å². The van der Waals surface area contributed by atoms with E-state index in [1.54, 1.807) is 12.5 Å².